The topological polar surface area (TPSA) is 86.7 Å². The summed E-state index contributed by atoms with van der Waals surface area (Å²) in [7, 11) is -4.32. The van der Waals surface area contributed by atoms with Gasteiger partial charge in [0, 0.05) is 6.07 Å². The third-order valence-corrected chi connectivity index (χ3v) is 6.26. The predicted octanol–water partition coefficient (Wildman–Crippen LogP) is 3.66. The number of hydrogen-bond donors (Lipinski definition) is 1. The third-order valence-electron chi connectivity index (χ3n) is 5.41. The van der Waals surface area contributed by atoms with Gasteiger partial charge in [-0.05, 0) is 36.6 Å². The van der Waals surface area contributed by atoms with Crippen molar-refractivity contribution in [1.82, 2.24) is 0 Å². The Morgan fingerprint density at radius 2 is 1.44 bits per heavy atom. The zero-order valence-corrected chi connectivity index (χ0v) is 23.5. The van der Waals surface area contributed by atoms with Gasteiger partial charge in [0.15, 0.2) is 0 Å². The SMILES string of the molecule is CCCCCCCCCCCCCc1ccc(Oc2cccc(S(=O)(=O)O)c2)c([O-])c1.[K+]. The van der Waals surface area contributed by atoms with Crippen molar-refractivity contribution in [2.24, 2.45) is 0 Å². The summed E-state index contributed by atoms with van der Waals surface area (Å²) in [6.45, 7) is 2.25. The number of benzene rings is 2. The Hall–Kier alpha value is -0.414. The van der Waals surface area contributed by atoms with E-state index in [4.69, 9.17) is 9.29 Å². The molecule has 0 aliphatic heterocycles. The van der Waals surface area contributed by atoms with E-state index in [2.05, 4.69) is 6.92 Å². The van der Waals surface area contributed by atoms with E-state index in [9.17, 15) is 13.5 Å². The molecule has 2 aromatic carbocycles. The summed E-state index contributed by atoms with van der Waals surface area (Å²) in [5.41, 5.74) is 0.986. The van der Waals surface area contributed by atoms with Gasteiger partial charge in [0.2, 0.25) is 0 Å². The van der Waals surface area contributed by atoms with E-state index < -0.39 is 10.1 Å². The minimum atomic E-state index is -4.32. The molecule has 0 amide bonds. The molecule has 0 radical (unpaired) electrons. The molecular weight excluding hydrogens is 451 g/mol. The minimum absolute atomic E-state index is 0. The fourth-order valence-corrected chi connectivity index (χ4v) is 4.13. The van der Waals surface area contributed by atoms with Crippen LogP contribution < -0.4 is 61.2 Å². The van der Waals surface area contributed by atoms with Gasteiger partial charge in [-0.25, -0.2) is 0 Å². The zero-order chi connectivity index (χ0) is 22.5. The molecule has 5 nitrogen and oxygen atoms in total. The summed E-state index contributed by atoms with van der Waals surface area (Å²) in [6.07, 6.45) is 15.1. The first-order valence-electron chi connectivity index (χ1n) is 11.5. The summed E-state index contributed by atoms with van der Waals surface area (Å²) in [6, 6.07) is 10.5. The van der Waals surface area contributed by atoms with E-state index in [0.717, 1.165) is 18.4 Å². The summed E-state index contributed by atoms with van der Waals surface area (Å²) in [5, 5.41) is 12.3. The molecule has 0 bridgehead atoms. The quantitative estimate of drug-likeness (QED) is 0.236. The van der Waals surface area contributed by atoms with Crippen LogP contribution in [-0.4, -0.2) is 13.0 Å². The largest absolute Gasteiger partial charge is 1.00 e. The predicted molar refractivity (Wildman–Crippen MR) is 122 cm³/mol. The standard InChI is InChI=1S/C25H36O5S.K/c1-2-3-4-5-6-7-8-9-10-11-12-14-21-17-18-25(24(26)19-21)30-22-15-13-16-23(20-22)31(27,28)29;/h13,15-20,26H,2-12,14H2,1H3,(H,27,28,29);/q;+1/p-1. The molecule has 0 aliphatic carbocycles. The Morgan fingerprint density at radius 1 is 0.844 bits per heavy atom. The van der Waals surface area contributed by atoms with Crippen LogP contribution in [0.5, 0.6) is 17.2 Å². The normalized spacial score (nSPS) is 11.2. The smallest absolute Gasteiger partial charge is 0.870 e. The van der Waals surface area contributed by atoms with Crippen molar-refractivity contribution in [3.8, 4) is 17.2 Å². The van der Waals surface area contributed by atoms with Crippen molar-refractivity contribution in [3.05, 3.63) is 48.0 Å². The molecule has 0 spiro atoms. The van der Waals surface area contributed by atoms with Crippen LogP contribution in [0.2, 0.25) is 0 Å². The van der Waals surface area contributed by atoms with Crippen molar-refractivity contribution >= 4 is 10.1 Å². The van der Waals surface area contributed by atoms with E-state index in [-0.39, 0.29) is 73.5 Å². The Bertz CT molecular complexity index is 899. The van der Waals surface area contributed by atoms with Gasteiger partial charge in [0.25, 0.3) is 10.1 Å². The Labute approximate surface area is 236 Å². The first kappa shape index (κ1) is 29.6. The maximum atomic E-state index is 12.3. The molecule has 0 saturated carbocycles. The van der Waals surface area contributed by atoms with E-state index in [1.165, 1.54) is 88.5 Å². The van der Waals surface area contributed by atoms with Gasteiger partial charge in [-0.1, -0.05) is 95.1 Å². The van der Waals surface area contributed by atoms with E-state index in [1.807, 2.05) is 6.07 Å². The van der Waals surface area contributed by atoms with E-state index >= 15 is 0 Å². The Kier molecular flexibility index (Phi) is 15.0. The van der Waals surface area contributed by atoms with E-state index in [0.29, 0.717) is 0 Å². The van der Waals surface area contributed by atoms with Crippen molar-refractivity contribution in [2.75, 3.05) is 0 Å². The first-order chi connectivity index (χ1) is 14.9. The van der Waals surface area contributed by atoms with Crippen LogP contribution >= 0.6 is 0 Å². The Morgan fingerprint density at radius 3 is 2.00 bits per heavy atom. The van der Waals surface area contributed by atoms with Crippen molar-refractivity contribution in [1.29, 1.82) is 0 Å². The first-order valence-corrected chi connectivity index (χ1v) is 12.9. The maximum Gasteiger partial charge on any atom is 1.00 e. The van der Waals surface area contributed by atoms with Gasteiger partial charge in [-0.15, -0.1) is 0 Å². The second-order valence-electron chi connectivity index (χ2n) is 8.12. The van der Waals surface area contributed by atoms with Gasteiger partial charge in [0.1, 0.15) is 11.5 Å². The molecular formula is C25H35KO5S. The average molecular weight is 487 g/mol. The summed E-state index contributed by atoms with van der Waals surface area (Å²) in [4.78, 5) is -0.273. The molecule has 0 heterocycles. The summed E-state index contributed by atoms with van der Waals surface area (Å²) in [5.74, 6) is 0.0818. The van der Waals surface area contributed by atoms with Crippen molar-refractivity contribution in [2.45, 2.75) is 88.9 Å². The molecule has 32 heavy (non-hydrogen) atoms. The van der Waals surface area contributed by atoms with Crippen LogP contribution in [0.3, 0.4) is 0 Å². The fourth-order valence-electron chi connectivity index (χ4n) is 3.61. The maximum absolute atomic E-state index is 12.3. The van der Waals surface area contributed by atoms with Crippen LogP contribution in [-0.2, 0) is 16.5 Å². The average Bonchev–Trinajstić information content (AvgIpc) is 2.73. The summed E-state index contributed by atoms with van der Waals surface area (Å²) >= 11 is 0. The van der Waals surface area contributed by atoms with E-state index in [1.54, 1.807) is 12.1 Å². The van der Waals surface area contributed by atoms with Crippen LogP contribution in [0.15, 0.2) is 47.4 Å². The zero-order valence-electron chi connectivity index (χ0n) is 19.5. The van der Waals surface area contributed by atoms with Gasteiger partial charge < -0.3 is 9.84 Å². The molecule has 0 aromatic heterocycles. The number of rotatable bonds is 15. The molecule has 2 rings (SSSR count). The number of unbranched alkanes of at least 4 members (excludes halogenated alkanes) is 10. The fraction of sp³-hybridized carbons (Fsp3) is 0.520. The Balaban J connectivity index is 0.00000512. The van der Waals surface area contributed by atoms with Crippen molar-refractivity contribution in [3.63, 3.8) is 0 Å². The molecule has 7 heteroatoms. The molecule has 2 aromatic rings. The molecule has 0 aliphatic rings. The third kappa shape index (κ3) is 11.6. The van der Waals surface area contributed by atoms with Crippen LogP contribution in [0, 0.1) is 0 Å². The summed E-state index contributed by atoms with van der Waals surface area (Å²) < 4.78 is 37.1. The molecule has 0 atom stereocenters. The van der Waals surface area contributed by atoms with Gasteiger partial charge in [-0.3, -0.25) is 4.55 Å². The second-order valence-corrected chi connectivity index (χ2v) is 9.54. The monoisotopic (exact) mass is 486 g/mol. The minimum Gasteiger partial charge on any atom is -0.870 e. The van der Waals surface area contributed by atoms with Crippen LogP contribution in [0.1, 0.15) is 83.1 Å². The van der Waals surface area contributed by atoms with Gasteiger partial charge >= 0.3 is 51.4 Å². The number of ether oxygens (including phenoxy) is 1. The molecule has 0 saturated heterocycles. The van der Waals surface area contributed by atoms with Crippen molar-refractivity contribution < 1.29 is 74.2 Å². The molecule has 0 unspecified atom stereocenters. The van der Waals surface area contributed by atoms with Gasteiger partial charge in [0.05, 0.1) is 4.90 Å². The van der Waals surface area contributed by atoms with Crippen LogP contribution in [0.4, 0.5) is 0 Å². The van der Waals surface area contributed by atoms with Crippen LogP contribution in [0.25, 0.3) is 0 Å². The molecule has 0 fully saturated rings. The second kappa shape index (κ2) is 16.3. The van der Waals surface area contributed by atoms with Gasteiger partial charge in [-0.2, -0.15) is 8.42 Å². The molecule has 1 N–H and O–H groups in total. The molecule has 172 valence electrons. The number of aryl methyl sites for hydroxylation is 1. The number of hydrogen-bond acceptors (Lipinski definition) is 4.